The van der Waals surface area contributed by atoms with Crippen LogP contribution in [0.15, 0.2) is 24.3 Å². The third-order valence-electron chi connectivity index (χ3n) is 3.95. The highest BCUT2D eigenvalue weighted by atomic mass is 32.1. The molecule has 0 saturated carbocycles. The average molecular weight is 332 g/mol. The first-order chi connectivity index (χ1) is 11.2. The zero-order chi connectivity index (χ0) is 16.2. The summed E-state index contributed by atoms with van der Waals surface area (Å²) in [7, 11) is 1.60. The van der Waals surface area contributed by atoms with Gasteiger partial charge in [0.1, 0.15) is 15.8 Å². The number of nitrogens with one attached hydrogen (secondary N) is 1. The van der Waals surface area contributed by atoms with Crippen LogP contribution < -0.4 is 10.1 Å². The number of likely N-dealkylation sites (tertiary alicyclic amines) is 1. The number of benzene rings is 1. The summed E-state index contributed by atoms with van der Waals surface area (Å²) < 4.78 is 5.28. The van der Waals surface area contributed by atoms with Crippen molar-refractivity contribution in [1.82, 2.24) is 15.1 Å². The Morgan fingerprint density at radius 3 is 2.96 bits per heavy atom. The fraction of sp³-hybridized carbons (Fsp3) is 0.438. The monoisotopic (exact) mass is 332 g/mol. The Morgan fingerprint density at radius 2 is 2.22 bits per heavy atom. The molecule has 1 aliphatic rings. The van der Waals surface area contributed by atoms with Crippen molar-refractivity contribution in [2.45, 2.75) is 25.7 Å². The minimum absolute atomic E-state index is 0.0968. The van der Waals surface area contributed by atoms with Gasteiger partial charge in [0, 0.05) is 19.0 Å². The van der Waals surface area contributed by atoms with Crippen LogP contribution in [-0.2, 0) is 0 Å². The molecular weight excluding hydrogens is 312 g/mol. The van der Waals surface area contributed by atoms with E-state index in [4.69, 9.17) is 4.74 Å². The maximum absolute atomic E-state index is 12.5. The highest BCUT2D eigenvalue weighted by Gasteiger charge is 2.27. The van der Waals surface area contributed by atoms with Crippen molar-refractivity contribution in [2.75, 3.05) is 25.5 Å². The summed E-state index contributed by atoms with van der Waals surface area (Å²) in [4.78, 5) is 14.4. The van der Waals surface area contributed by atoms with Gasteiger partial charge in [-0.1, -0.05) is 12.1 Å². The van der Waals surface area contributed by atoms with Crippen LogP contribution in [0.5, 0.6) is 5.75 Å². The molecule has 1 saturated heterocycles. The predicted octanol–water partition coefficient (Wildman–Crippen LogP) is 3.27. The zero-order valence-electron chi connectivity index (χ0n) is 13.3. The van der Waals surface area contributed by atoms with Crippen LogP contribution >= 0.6 is 11.3 Å². The normalized spacial score (nSPS) is 17.8. The van der Waals surface area contributed by atoms with Gasteiger partial charge >= 0.3 is 6.03 Å². The average Bonchev–Trinajstić information content (AvgIpc) is 3.02. The Labute approximate surface area is 139 Å². The van der Waals surface area contributed by atoms with Crippen molar-refractivity contribution in [2.24, 2.45) is 0 Å². The van der Waals surface area contributed by atoms with E-state index in [1.165, 1.54) is 0 Å². The van der Waals surface area contributed by atoms with E-state index in [1.54, 1.807) is 18.4 Å². The van der Waals surface area contributed by atoms with E-state index < -0.39 is 0 Å². The minimum Gasteiger partial charge on any atom is -0.495 e. The third-order valence-corrected chi connectivity index (χ3v) is 4.95. The van der Waals surface area contributed by atoms with E-state index in [0.717, 1.165) is 29.4 Å². The fourth-order valence-corrected chi connectivity index (χ4v) is 3.61. The number of amides is 2. The maximum atomic E-state index is 12.5. The Hall–Kier alpha value is -2.15. The number of ether oxygens (including phenoxy) is 1. The highest BCUT2D eigenvalue weighted by molar-refractivity contribution is 7.11. The Kier molecular flexibility index (Phi) is 4.76. The number of methoxy groups -OCH3 is 1. The molecule has 1 N–H and O–H groups in total. The standard InChI is InChI=1S/C16H20N4O2S/c1-11-18-19-15(23-11)12-6-5-9-20(10-12)16(21)17-13-7-3-4-8-14(13)22-2/h3-4,7-8,12H,5-6,9-10H2,1-2H3,(H,17,21). The van der Waals surface area contributed by atoms with E-state index in [2.05, 4.69) is 15.5 Å². The molecule has 2 aromatic rings. The SMILES string of the molecule is COc1ccccc1NC(=O)N1CCCC(c2nnc(C)s2)C1. The van der Waals surface area contributed by atoms with Crippen LogP contribution in [-0.4, -0.2) is 41.3 Å². The number of urea groups is 1. The topological polar surface area (TPSA) is 67.3 Å². The fourth-order valence-electron chi connectivity index (χ4n) is 2.78. The van der Waals surface area contributed by atoms with E-state index in [1.807, 2.05) is 36.1 Å². The van der Waals surface area contributed by atoms with Crippen LogP contribution in [0.3, 0.4) is 0 Å². The van der Waals surface area contributed by atoms with Crippen molar-refractivity contribution in [3.8, 4) is 5.75 Å². The van der Waals surface area contributed by atoms with Crippen molar-refractivity contribution >= 4 is 23.1 Å². The van der Waals surface area contributed by atoms with Crippen LogP contribution in [0.25, 0.3) is 0 Å². The van der Waals surface area contributed by atoms with Gasteiger partial charge in [0.05, 0.1) is 12.8 Å². The molecule has 0 spiro atoms. The molecule has 1 aromatic carbocycles. The molecule has 3 rings (SSSR count). The second-order valence-corrected chi connectivity index (χ2v) is 6.79. The van der Waals surface area contributed by atoms with Crippen LogP contribution in [0.4, 0.5) is 10.5 Å². The summed E-state index contributed by atoms with van der Waals surface area (Å²) in [5.74, 6) is 0.938. The number of carbonyl (C=O) groups is 1. The maximum Gasteiger partial charge on any atom is 0.321 e. The lowest BCUT2D eigenvalue weighted by molar-refractivity contribution is 0.192. The Morgan fingerprint density at radius 1 is 1.39 bits per heavy atom. The van der Waals surface area contributed by atoms with Crippen LogP contribution in [0, 0.1) is 6.92 Å². The molecule has 0 bridgehead atoms. The molecule has 2 amide bonds. The summed E-state index contributed by atoms with van der Waals surface area (Å²) >= 11 is 1.62. The number of aromatic nitrogens is 2. The van der Waals surface area contributed by atoms with Gasteiger partial charge in [-0.05, 0) is 31.9 Å². The summed E-state index contributed by atoms with van der Waals surface area (Å²) in [6.07, 6.45) is 2.02. The molecular formula is C16H20N4O2S. The summed E-state index contributed by atoms with van der Waals surface area (Å²) in [6, 6.07) is 7.33. The predicted molar refractivity (Wildman–Crippen MR) is 90.2 cm³/mol. The number of hydrogen-bond acceptors (Lipinski definition) is 5. The summed E-state index contributed by atoms with van der Waals surface area (Å²) in [5.41, 5.74) is 0.689. The van der Waals surface area contributed by atoms with E-state index in [9.17, 15) is 4.79 Å². The molecule has 2 heterocycles. The minimum atomic E-state index is -0.0968. The second kappa shape index (κ2) is 6.95. The van der Waals surface area contributed by atoms with Gasteiger partial charge in [-0.3, -0.25) is 0 Å². The van der Waals surface area contributed by atoms with Gasteiger partial charge in [0.15, 0.2) is 0 Å². The molecule has 1 atom stereocenters. The Bertz CT molecular complexity index is 688. The number of anilines is 1. The molecule has 1 aliphatic heterocycles. The van der Waals surface area contributed by atoms with Crippen molar-refractivity contribution in [1.29, 1.82) is 0 Å². The molecule has 122 valence electrons. The number of hydrogen-bond donors (Lipinski definition) is 1. The molecule has 7 heteroatoms. The van der Waals surface area contributed by atoms with Gasteiger partial charge in [-0.15, -0.1) is 21.5 Å². The smallest absolute Gasteiger partial charge is 0.321 e. The van der Waals surface area contributed by atoms with Gasteiger partial charge < -0.3 is 15.0 Å². The van der Waals surface area contributed by atoms with Gasteiger partial charge in [-0.2, -0.15) is 0 Å². The number of nitrogens with zero attached hydrogens (tertiary/aromatic N) is 3. The Balaban J connectivity index is 1.67. The largest absolute Gasteiger partial charge is 0.495 e. The van der Waals surface area contributed by atoms with Crippen LogP contribution in [0.2, 0.25) is 0 Å². The number of rotatable bonds is 3. The van der Waals surface area contributed by atoms with E-state index in [-0.39, 0.29) is 11.9 Å². The first kappa shape index (κ1) is 15.7. The highest BCUT2D eigenvalue weighted by Crippen LogP contribution is 2.30. The van der Waals surface area contributed by atoms with E-state index >= 15 is 0 Å². The van der Waals surface area contributed by atoms with Crippen molar-refractivity contribution in [3.05, 3.63) is 34.3 Å². The second-order valence-electron chi connectivity index (χ2n) is 5.57. The van der Waals surface area contributed by atoms with Gasteiger partial charge in [0.25, 0.3) is 0 Å². The van der Waals surface area contributed by atoms with Gasteiger partial charge in [-0.25, -0.2) is 4.79 Å². The third kappa shape index (κ3) is 3.61. The zero-order valence-corrected chi connectivity index (χ0v) is 14.1. The van der Waals surface area contributed by atoms with Crippen LogP contribution in [0.1, 0.15) is 28.8 Å². The molecule has 1 unspecified atom stereocenters. The molecule has 1 aromatic heterocycles. The quantitative estimate of drug-likeness (QED) is 0.937. The lowest BCUT2D eigenvalue weighted by Crippen LogP contribution is -2.41. The molecule has 23 heavy (non-hydrogen) atoms. The molecule has 0 radical (unpaired) electrons. The van der Waals surface area contributed by atoms with E-state index in [0.29, 0.717) is 18.0 Å². The van der Waals surface area contributed by atoms with Gasteiger partial charge in [0.2, 0.25) is 0 Å². The molecule has 6 nitrogen and oxygen atoms in total. The molecule has 1 fully saturated rings. The summed E-state index contributed by atoms with van der Waals surface area (Å²) in [6.45, 7) is 3.39. The summed E-state index contributed by atoms with van der Waals surface area (Å²) in [5, 5.41) is 13.3. The first-order valence-electron chi connectivity index (χ1n) is 7.66. The number of para-hydroxylation sites is 2. The van der Waals surface area contributed by atoms with Crippen molar-refractivity contribution in [3.63, 3.8) is 0 Å². The number of carbonyl (C=O) groups excluding carboxylic acids is 1. The van der Waals surface area contributed by atoms with Crippen molar-refractivity contribution < 1.29 is 9.53 Å². The number of piperidine rings is 1. The number of aryl methyl sites for hydroxylation is 1. The lowest BCUT2D eigenvalue weighted by atomic mass is 9.99. The molecule has 0 aliphatic carbocycles. The first-order valence-corrected chi connectivity index (χ1v) is 8.48. The lowest BCUT2D eigenvalue weighted by Gasteiger charge is -2.31.